The van der Waals surface area contributed by atoms with Gasteiger partial charge in [0.2, 0.25) is 17.7 Å². The maximum absolute atomic E-state index is 13.1. The van der Waals surface area contributed by atoms with Crippen LogP contribution in [0.15, 0.2) is 43.0 Å². The van der Waals surface area contributed by atoms with Crippen molar-refractivity contribution in [2.45, 2.75) is 18.9 Å². The molecule has 186 valence electrons. The molecule has 0 radical (unpaired) electrons. The summed E-state index contributed by atoms with van der Waals surface area (Å²) in [6, 6.07) is 6.86. The van der Waals surface area contributed by atoms with Gasteiger partial charge >= 0.3 is 0 Å². The van der Waals surface area contributed by atoms with Crippen molar-refractivity contribution in [3.63, 3.8) is 0 Å². The second kappa shape index (κ2) is 11.2. The number of carbonyl (C=O) groups excluding carboxylic acids is 3. The Morgan fingerprint density at radius 2 is 1.77 bits per heavy atom. The van der Waals surface area contributed by atoms with Crippen molar-refractivity contribution in [3.05, 3.63) is 54.2 Å². The van der Waals surface area contributed by atoms with Crippen LogP contribution in [0.4, 0.5) is 0 Å². The predicted molar refractivity (Wildman–Crippen MR) is 129 cm³/mol. The minimum absolute atomic E-state index is 0.0724. The van der Waals surface area contributed by atoms with Crippen LogP contribution in [0.1, 0.15) is 11.3 Å². The molecule has 3 atom stereocenters. The lowest BCUT2D eigenvalue weighted by atomic mass is 9.94. The van der Waals surface area contributed by atoms with E-state index in [0.29, 0.717) is 25.9 Å². The molecule has 7 N–H and O–H groups in total. The summed E-state index contributed by atoms with van der Waals surface area (Å²) in [7, 11) is 0. The Bertz CT molecular complexity index is 1160. The van der Waals surface area contributed by atoms with Crippen molar-refractivity contribution in [3.8, 4) is 0 Å². The molecule has 11 nitrogen and oxygen atoms in total. The molecule has 1 fully saturated rings. The van der Waals surface area contributed by atoms with E-state index in [1.807, 2.05) is 30.5 Å². The molecule has 4 rings (SSSR count). The van der Waals surface area contributed by atoms with Crippen LogP contribution in [0, 0.1) is 11.8 Å². The van der Waals surface area contributed by atoms with Gasteiger partial charge in [0, 0.05) is 61.6 Å². The number of likely N-dealkylation sites (tertiary alicyclic amines) is 1. The van der Waals surface area contributed by atoms with E-state index >= 15 is 0 Å². The van der Waals surface area contributed by atoms with Gasteiger partial charge in [-0.25, -0.2) is 4.98 Å². The van der Waals surface area contributed by atoms with Crippen LogP contribution < -0.4 is 16.4 Å². The predicted octanol–water partition coefficient (Wildman–Crippen LogP) is -0.697. The number of imidazole rings is 1. The lowest BCUT2D eigenvalue weighted by Gasteiger charge is -2.19. The zero-order valence-electron chi connectivity index (χ0n) is 19.4. The molecule has 0 saturated carbocycles. The van der Waals surface area contributed by atoms with Gasteiger partial charge in [-0.1, -0.05) is 18.2 Å². The van der Waals surface area contributed by atoms with Gasteiger partial charge < -0.3 is 36.3 Å². The first-order chi connectivity index (χ1) is 17.0. The smallest absolute Gasteiger partial charge is 0.241 e. The molecule has 35 heavy (non-hydrogen) atoms. The number of amides is 3. The average molecular weight is 482 g/mol. The third-order valence-electron chi connectivity index (χ3n) is 6.44. The van der Waals surface area contributed by atoms with Crippen LogP contribution in [0.5, 0.6) is 0 Å². The number of aliphatic hydroxyl groups excluding tert-OH is 1. The number of H-pyrrole nitrogens is 2. The molecule has 0 unspecified atom stereocenters. The van der Waals surface area contributed by atoms with E-state index in [1.165, 1.54) is 4.90 Å². The lowest BCUT2D eigenvalue weighted by molar-refractivity contribution is -0.132. The number of rotatable bonds is 10. The van der Waals surface area contributed by atoms with E-state index in [4.69, 9.17) is 5.73 Å². The van der Waals surface area contributed by atoms with Crippen molar-refractivity contribution in [1.82, 2.24) is 30.5 Å². The van der Waals surface area contributed by atoms with E-state index in [1.54, 1.807) is 12.5 Å². The summed E-state index contributed by atoms with van der Waals surface area (Å²) in [6.45, 7) is 0.414. The first-order valence-corrected chi connectivity index (χ1v) is 11.7. The summed E-state index contributed by atoms with van der Waals surface area (Å²) >= 11 is 0. The van der Waals surface area contributed by atoms with Crippen molar-refractivity contribution in [1.29, 1.82) is 0 Å². The molecule has 0 bridgehead atoms. The first-order valence-electron chi connectivity index (χ1n) is 11.7. The van der Waals surface area contributed by atoms with E-state index in [0.717, 1.165) is 22.2 Å². The molecule has 0 spiro atoms. The van der Waals surface area contributed by atoms with Crippen LogP contribution in [-0.4, -0.2) is 81.5 Å². The molecule has 1 aliphatic heterocycles. The van der Waals surface area contributed by atoms with Crippen LogP contribution in [0.2, 0.25) is 0 Å². The molecular weight excluding hydrogens is 450 g/mol. The number of nitrogens with two attached hydrogens (primary N) is 1. The highest BCUT2D eigenvalue weighted by atomic mass is 16.3. The van der Waals surface area contributed by atoms with E-state index in [2.05, 4.69) is 25.6 Å². The molecule has 3 aromatic rings. The normalized spacial score (nSPS) is 18.5. The zero-order valence-corrected chi connectivity index (χ0v) is 19.4. The van der Waals surface area contributed by atoms with Gasteiger partial charge in [-0.2, -0.15) is 0 Å². The largest absolute Gasteiger partial charge is 0.394 e. The van der Waals surface area contributed by atoms with Gasteiger partial charge in [-0.05, 0) is 18.1 Å². The molecule has 11 heteroatoms. The van der Waals surface area contributed by atoms with Gasteiger partial charge in [0.25, 0.3) is 0 Å². The van der Waals surface area contributed by atoms with Gasteiger partial charge in [0.05, 0.1) is 24.8 Å². The van der Waals surface area contributed by atoms with Crippen LogP contribution >= 0.6 is 0 Å². The fourth-order valence-electron chi connectivity index (χ4n) is 4.49. The molecule has 3 amide bonds. The number of fused-ring (bicyclic) bond motifs is 1. The second-order valence-corrected chi connectivity index (χ2v) is 8.76. The summed E-state index contributed by atoms with van der Waals surface area (Å²) in [5.41, 5.74) is 8.70. The first kappa shape index (κ1) is 24.4. The number of aromatic nitrogens is 3. The number of para-hydroxylation sites is 1. The van der Waals surface area contributed by atoms with E-state index in [-0.39, 0.29) is 24.9 Å². The van der Waals surface area contributed by atoms with Crippen molar-refractivity contribution in [2.75, 3.05) is 32.8 Å². The fraction of sp³-hybridized carbons (Fsp3) is 0.417. The highest BCUT2D eigenvalue weighted by molar-refractivity contribution is 5.91. The minimum Gasteiger partial charge on any atom is -0.394 e. The average Bonchev–Trinajstić information content (AvgIpc) is 3.63. The van der Waals surface area contributed by atoms with Crippen molar-refractivity contribution < 1.29 is 19.5 Å². The number of carbonyl (C=O) groups is 3. The molecule has 0 aliphatic carbocycles. The minimum atomic E-state index is -1.08. The summed E-state index contributed by atoms with van der Waals surface area (Å²) < 4.78 is 0. The maximum Gasteiger partial charge on any atom is 0.241 e. The topological polar surface area (TPSA) is 169 Å². The number of hydrogen-bond acceptors (Lipinski definition) is 6. The van der Waals surface area contributed by atoms with Gasteiger partial charge in [-0.15, -0.1) is 0 Å². The highest BCUT2D eigenvalue weighted by Crippen LogP contribution is 2.25. The van der Waals surface area contributed by atoms with Crippen LogP contribution in [0.3, 0.4) is 0 Å². The lowest BCUT2D eigenvalue weighted by Crippen LogP contribution is -2.45. The monoisotopic (exact) mass is 481 g/mol. The van der Waals surface area contributed by atoms with Crippen molar-refractivity contribution >= 4 is 28.6 Å². The molecule has 1 aliphatic rings. The Labute approximate surface area is 202 Å². The number of aromatic amines is 2. The Kier molecular flexibility index (Phi) is 7.78. The van der Waals surface area contributed by atoms with Crippen molar-refractivity contribution in [2.24, 2.45) is 17.6 Å². The zero-order chi connectivity index (χ0) is 24.8. The summed E-state index contributed by atoms with van der Waals surface area (Å²) in [6.07, 6.45) is 6.37. The van der Waals surface area contributed by atoms with Crippen LogP contribution in [0.25, 0.3) is 10.9 Å². The van der Waals surface area contributed by atoms with Crippen LogP contribution in [-0.2, 0) is 27.2 Å². The third kappa shape index (κ3) is 5.69. The molecular formula is C24H31N7O4. The quantitative estimate of drug-likeness (QED) is 0.224. The van der Waals surface area contributed by atoms with Gasteiger partial charge in [-0.3, -0.25) is 14.4 Å². The summed E-state index contributed by atoms with van der Waals surface area (Å²) in [5, 5.41) is 16.2. The SMILES string of the molecule is N[C@@H](CO)C(=O)N1C[C@@H](C(=O)NCCc2cnc[nH]2)[C@H](C(=O)NCCc2c[nH]c3ccccc23)C1. The number of nitrogens with zero attached hydrogens (tertiary/aromatic N) is 2. The fourth-order valence-corrected chi connectivity index (χ4v) is 4.49. The Balaban J connectivity index is 1.37. The second-order valence-electron chi connectivity index (χ2n) is 8.76. The van der Waals surface area contributed by atoms with E-state index < -0.39 is 30.4 Å². The van der Waals surface area contributed by atoms with Gasteiger partial charge in [0.15, 0.2) is 0 Å². The Morgan fingerprint density at radius 1 is 1.09 bits per heavy atom. The summed E-state index contributed by atoms with van der Waals surface area (Å²) in [4.78, 5) is 50.1. The molecule has 2 aromatic heterocycles. The molecule has 1 saturated heterocycles. The molecule has 3 heterocycles. The summed E-state index contributed by atoms with van der Waals surface area (Å²) in [5.74, 6) is -2.47. The maximum atomic E-state index is 13.1. The highest BCUT2D eigenvalue weighted by Gasteiger charge is 2.44. The third-order valence-corrected chi connectivity index (χ3v) is 6.44. The Morgan fingerprint density at radius 3 is 2.43 bits per heavy atom. The standard InChI is InChI=1S/C24H31N7O4/c25-20(13-32)24(35)31-11-18(19(12-31)23(34)28-8-6-16-10-26-14-30-16)22(33)27-7-5-15-9-29-21-4-2-1-3-17(15)21/h1-4,9-10,14,18-20,29,32H,5-8,11-13,25H2,(H,26,30)(H,27,33)(H,28,34)/t18-,19-,20+/m1/s1. The van der Waals surface area contributed by atoms with E-state index in [9.17, 15) is 19.5 Å². The number of nitrogens with one attached hydrogen (secondary N) is 4. The Hall–Kier alpha value is -3.70. The number of benzene rings is 1. The number of hydrogen-bond donors (Lipinski definition) is 6. The molecule has 1 aromatic carbocycles. The van der Waals surface area contributed by atoms with Gasteiger partial charge in [0.1, 0.15) is 6.04 Å². The number of aliphatic hydroxyl groups is 1.